The molecule has 1 aliphatic rings. The molecule has 1 fully saturated rings. The van der Waals surface area contributed by atoms with Crippen LogP contribution in [-0.4, -0.2) is 60.7 Å². The molecule has 4 aromatic rings. The Morgan fingerprint density at radius 1 is 0.947 bits per heavy atom. The van der Waals surface area contributed by atoms with E-state index in [1.807, 2.05) is 22.8 Å². The molecule has 3 aromatic carbocycles. The highest BCUT2D eigenvalue weighted by atomic mass is 35.5. The van der Waals surface area contributed by atoms with Gasteiger partial charge in [-0.1, -0.05) is 35.9 Å². The third kappa shape index (κ3) is 6.05. The first-order valence-electron chi connectivity index (χ1n) is 12.5. The van der Waals surface area contributed by atoms with Crippen LogP contribution < -0.4 is 10.6 Å². The van der Waals surface area contributed by atoms with Gasteiger partial charge >= 0.3 is 0 Å². The number of carbonyl (C=O) groups excluding carboxylic acids is 2. The van der Waals surface area contributed by atoms with Crippen molar-refractivity contribution < 1.29 is 18.7 Å². The van der Waals surface area contributed by atoms with Crippen molar-refractivity contribution in [2.75, 3.05) is 44.7 Å². The van der Waals surface area contributed by atoms with E-state index in [4.69, 9.17) is 16.3 Å². The number of hydrogen-bond acceptors (Lipinski definition) is 4. The lowest BCUT2D eigenvalue weighted by Gasteiger charge is -2.26. The van der Waals surface area contributed by atoms with Crippen LogP contribution in [-0.2, 0) is 11.3 Å². The van der Waals surface area contributed by atoms with Gasteiger partial charge in [0.2, 0.25) is 0 Å². The number of ether oxygens (including phenoxy) is 1. The zero-order chi connectivity index (χ0) is 26.5. The van der Waals surface area contributed by atoms with Crippen molar-refractivity contribution in [2.24, 2.45) is 0 Å². The quantitative estimate of drug-likeness (QED) is 0.341. The number of anilines is 1. The van der Waals surface area contributed by atoms with E-state index in [9.17, 15) is 14.0 Å². The number of benzene rings is 3. The number of rotatable bonds is 8. The third-order valence-corrected chi connectivity index (χ3v) is 6.89. The number of nitrogens with zero attached hydrogens (tertiary/aromatic N) is 2. The van der Waals surface area contributed by atoms with Gasteiger partial charge in [0.1, 0.15) is 11.5 Å². The third-order valence-electron chi connectivity index (χ3n) is 6.56. The van der Waals surface area contributed by atoms with Gasteiger partial charge in [-0.05, 0) is 54.1 Å². The largest absolute Gasteiger partial charge is 0.379 e. The smallest absolute Gasteiger partial charge is 0.267 e. The standard InChI is InChI=1S/C29H28ClFN4O3/c30-25-7-2-1-6-24(25)28(36)33-23-8-9-26-21(17-23)18-27(35(26)19-20-4-3-5-22(31)16-20)29(37)32-10-11-34-12-14-38-15-13-34/h1-9,16-18H,10-15,19H2,(H,32,37)(H,33,36). The van der Waals surface area contributed by atoms with Gasteiger partial charge in [0.25, 0.3) is 11.8 Å². The molecule has 1 saturated heterocycles. The topological polar surface area (TPSA) is 75.6 Å². The summed E-state index contributed by atoms with van der Waals surface area (Å²) in [5, 5.41) is 7.04. The van der Waals surface area contributed by atoms with Gasteiger partial charge in [-0.25, -0.2) is 4.39 Å². The molecule has 0 unspecified atom stereocenters. The van der Waals surface area contributed by atoms with Crippen LogP contribution in [0.1, 0.15) is 26.4 Å². The van der Waals surface area contributed by atoms with Gasteiger partial charge in [0, 0.05) is 49.3 Å². The van der Waals surface area contributed by atoms with E-state index < -0.39 is 0 Å². The van der Waals surface area contributed by atoms with E-state index >= 15 is 0 Å². The van der Waals surface area contributed by atoms with Gasteiger partial charge in [-0.15, -0.1) is 0 Å². The van der Waals surface area contributed by atoms with Crippen LogP contribution in [0, 0.1) is 5.82 Å². The second-order valence-corrected chi connectivity index (χ2v) is 9.57. The Balaban J connectivity index is 1.40. The molecular weight excluding hydrogens is 507 g/mol. The van der Waals surface area contributed by atoms with Crippen molar-refractivity contribution in [3.8, 4) is 0 Å². The van der Waals surface area contributed by atoms with Crippen molar-refractivity contribution in [1.29, 1.82) is 0 Å². The van der Waals surface area contributed by atoms with E-state index in [-0.39, 0.29) is 17.6 Å². The maximum atomic E-state index is 13.9. The zero-order valence-corrected chi connectivity index (χ0v) is 21.5. The molecule has 2 amide bonds. The first-order chi connectivity index (χ1) is 18.5. The summed E-state index contributed by atoms with van der Waals surface area (Å²) in [6.07, 6.45) is 0. The highest BCUT2D eigenvalue weighted by Crippen LogP contribution is 2.26. The summed E-state index contributed by atoms with van der Waals surface area (Å²) in [5.41, 5.74) is 2.94. The van der Waals surface area contributed by atoms with Gasteiger partial charge in [-0.2, -0.15) is 0 Å². The van der Waals surface area contributed by atoms with Gasteiger partial charge in [-0.3, -0.25) is 14.5 Å². The maximum absolute atomic E-state index is 13.9. The lowest BCUT2D eigenvalue weighted by molar-refractivity contribution is 0.0383. The van der Waals surface area contributed by atoms with Crippen LogP contribution in [0.5, 0.6) is 0 Å². The fraction of sp³-hybridized carbons (Fsp3) is 0.241. The van der Waals surface area contributed by atoms with Gasteiger partial charge in [0.15, 0.2) is 0 Å². The Kier molecular flexibility index (Phi) is 8.03. The number of aromatic nitrogens is 1. The molecule has 0 atom stereocenters. The van der Waals surface area contributed by atoms with Crippen LogP contribution >= 0.6 is 11.6 Å². The van der Waals surface area contributed by atoms with E-state index in [0.717, 1.165) is 36.1 Å². The summed E-state index contributed by atoms with van der Waals surface area (Å²) < 4.78 is 21.2. The van der Waals surface area contributed by atoms with E-state index in [2.05, 4.69) is 15.5 Å². The lowest BCUT2D eigenvalue weighted by Crippen LogP contribution is -2.41. The number of hydrogen-bond donors (Lipinski definition) is 2. The molecule has 0 spiro atoms. The highest BCUT2D eigenvalue weighted by molar-refractivity contribution is 6.34. The average Bonchev–Trinajstić information content (AvgIpc) is 3.27. The van der Waals surface area contributed by atoms with Crippen molar-refractivity contribution in [3.63, 3.8) is 0 Å². The van der Waals surface area contributed by atoms with Crippen LogP contribution in [0.2, 0.25) is 5.02 Å². The number of halogens is 2. The molecule has 7 nitrogen and oxygen atoms in total. The van der Waals surface area contributed by atoms with Crippen LogP contribution in [0.3, 0.4) is 0 Å². The monoisotopic (exact) mass is 534 g/mol. The minimum absolute atomic E-state index is 0.215. The molecular formula is C29H28ClFN4O3. The molecule has 0 bridgehead atoms. The van der Waals surface area contributed by atoms with Gasteiger partial charge < -0.3 is 19.9 Å². The maximum Gasteiger partial charge on any atom is 0.267 e. The number of fused-ring (bicyclic) bond motifs is 1. The lowest BCUT2D eigenvalue weighted by atomic mass is 10.2. The van der Waals surface area contributed by atoms with Crippen LogP contribution in [0.25, 0.3) is 10.9 Å². The molecule has 1 aromatic heterocycles. The number of carbonyl (C=O) groups is 2. The summed E-state index contributed by atoms with van der Waals surface area (Å²) >= 11 is 6.17. The molecule has 2 N–H and O–H groups in total. The Morgan fingerprint density at radius 3 is 2.55 bits per heavy atom. The predicted molar refractivity (Wildman–Crippen MR) is 146 cm³/mol. The molecule has 9 heteroatoms. The van der Waals surface area contributed by atoms with Crippen molar-refractivity contribution in [2.45, 2.75) is 6.54 Å². The van der Waals surface area contributed by atoms with Gasteiger partial charge in [0.05, 0.1) is 23.8 Å². The van der Waals surface area contributed by atoms with E-state index in [0.29, 0.717) is 48.3 Å². The number of nitrogens with one attached hydrogen (secondary N) is 2. The molecule has 38 heavy (non-hydrogen) atoms. The fourth-order valence-corrected chi connectivity index (χ4v) is 4.83. The Labute approximate surface area is 225 Å². The minimum atomic E-state index is -0.333. The summed E-state index contributed by atoms with van der Waals surface area (Å²) in [4.78, 5) is 28.3. The van der Waals surface area contributed by atoms with E-state index in [1.165, 1.54) is 12.1 Å². The van der Waals surface area contributed by atoms with Crippen molar-refractivity contribution >= 4 is 40.0 Å². The summed E-state index contributed by atoms with van der Waals surface area (Å²) in [6.45, 7) is 4.64. The van der Waals surface area contributed by atoms with E-state index in [1.54, 1.807) is 42.5 Å². The minimum Gasteiger partial charge on any atom is -0.379 e. The molecule has 5 rings (SSSR count). The molecule has 0 radical (unpaired) electrons. The summed E-state index contributed by atoms with van der Waals surface area (Å²) in [7, 11) is 0. The number of morpholine rings is 1. The average molecular weight is 535 g/mol. The Morgan fingerprint density at radius 2 is 1.76 bits per heavy atom. The van der Waals surface area contributed by atoms with Crippen molar-refractivity contribution in [1.82, 2.24) is 14.8 Å². The van der Waals surface area contributed by atoms with Crippen molar-refractivity contribution in [3.05, 3.63) is 100 Å². The first-order valence-corrected chi connectivity index (χ1v) is 12.9. The molecule has 196 valence electrons. The van der Waals surface area contributed by atoms with Crippen LogP contribution in [0.4, 0.5) is 10.1 Å². The second kappa shape index (κ2) is 11.8. The number of amides is 2. The zero-order valence-electron chi connectivity index (χ0n) is 20.8. The Bertz CT molecular complexity index is 1470. The molecule has 0 aliphatic carbocycles. The fourth-order valence-electron chi connectivity index (χ4n) is 4.61. The van der Waals surface area contributed by atoms with Crippen LogP contribution in [0.15, 0.2) is 72.8 Å². The SMILES string of the molecule is O=C(Nc1ccc2c(c1)cc(C(=O)NCCN1CCOCC1)n2Cc1cccc(F)c1)c1ccccc1Cl. The predicted octanol–water partition coefficient (Wildman–Crippen LogP) is 4.80. The summed E-state index contributed by atoms with van der Waals surface area (Å²) in [5.74, 6) is -0.872. The highest BCUT2D eigenvalue weighted by Gasteiger charge is 2.18. The molecule has 1 aliphatic heterocycles. The second-order valence-electron chi connectivity index (χ2n) is 9.16. The first kappa shape index (κ1) is 25.9. The molecule has 2 heterocycles. The summed E-state index contributed by atoms with van der Waals surface area (Å²) in [6, 6.07) is 20.4. The normalized spacial score (nSPS) is 13.9. The molecule has 0 saturated carbocycles. The Hall–Kier alpha value is -3.72.